The average molecular weight is 573 g/mol. The maximum atomic E-state index is 13.3. The molecule has 14 nitrogen and oxygen atoms in total. The molecule has 6 N–H and O–H groups in total. The van der Waals surface area contributed by atoms with Gasteiger partial charge in [0.05, 0.1) is 38.4 Å². The number of carbonyl (C=O) groups excluding carboxylic acids is 2. The van der Waals surface area contributed by atoms with Crippen molar-refractivity contribution in [3.8, 4) is 0 Å². The number of carboxylic acid groups (broad SMARTS) is 2. The van der Waals surface area contributed by atoms with Gasteiger partial charge in [0.15, 0.2) is 0 Å². The SMILES string of the molecule is O=C(O)CN(CC(=O)N1CC(O)CC(CO)C1)C1CCCCC1N(CC(=O)O)CC(=O)N1CC(O)CC(CO)C1. The molecule has 14 heteroatoms. The Labute approximate surface area is 233 Å². The molecule has 0 aromatic carbocycles. The monoisotopic (exact) mass is 572 g/mol. The Morgan fingerprint density at radius 1 is 0.625 bits per heavy atom. The van der Waals surface area contributed by atoms with Crippen LogP contribution < -0.4 is 0 Å². The number of carbonyl (C=O) groups is 4. The lowest BCUT2D eigenvalue weighted by Gasteiger charge is -2.45. The van der Waals surface area contributed by atoms with Gasteiger partial charge in [0.2, 0.25) is 11.8 Å². The van der Waals surface area contributed by atoms with E-state index in [4.69, 9.17) is 0 Å². The maximum absolute atomic E-state index is 13.3. The van der Waals surface area contributed by atoms with Crippen molar-refractivity contribution in [1.29, 1.82) is 0 Å². The Balaban J connectivity index is 1.79. The van der Waals surface area contributed by atoms with E-state index in [2.05, 4.69) is 0 Å². The molecule has 1 aliphatic carbocycles. The Morgan fingerprint density at radius 3 is 1.32 bits per heavy atom. The second-order valence-corrected chi connectivity index (χ2v) is 11.5. The van der Waals surface area contributed by atoms with Gasteiger partial charge in [0, 0.05) is 63.3 Å². The summed E-state index contributed by atoms with van der Waals surface area (Å²) in [5.74, 6) is -3.64. The first-order valence-corrected chi connectivity index (χ1v) is 14.1. The second-order valence-electron chi connectivity index (χ2n) is 11.5. The maximum Gasteiger partial charge on any atom is 0.317 e. The van der Waals surface area contributed by atoms with Crippen LogP contribution in [-0.2, 0) is 19.2 Å². The molecule has 2 heterocycles. The number of piperidine rings is 2. The van der Waals surface area contributed by atoms with Crippen molar-refractivity contribution in [3.05, 3.63) is 0 Å². The fourth-order valence-electron chi connectivity index (χ4n) is 6.44. The molecule has 40 heavy (non-hydrogen) atoms. The first-order valence-electron chi connectivity index (χ1n) is 14.1. The molecule has 2 amide bonds. The third kappa shape index (κ3) is 9.08. The third-order valence-corrected chi connectivity index (χ3v) is 8.24. The van der Waals surface area contributed by atoms with Crippen LogP contribution >= 0.6 is 0 Å². The molecule has 6 unspecified atom stereocenters. The van der Waals surface area contributed by atoms with Crippen LogP contribution in [0.5, 0.6) is 0 Å². The lowest BCUT2D eigenvalue weighted by Crippen LogP contribution is -2.60. The summed E-state index contributed by atoms with van der Waals surface area (Å²) < 4.78 is 0. The van der Waals surface area contributed by atoms with E-state index in [9.17, 15) is 49.8 Å². The van der Waals surface area contributed by atoms with Crippen molar-refractivity contribution in [3.63, 3.8) is 0 Å². The Morgan fingerprint density at radius 2 is 1.00 bits per heavy atom. The van der Waals surface area contributed by atoms with Gasteiger partial charge in [-0.3, -0.25) is 29.0 Å². The zero-order valence-electron chi connectivity index (χ0n) is 22.9. The van der Waals surface area contributed by atoms with Crippen LogP contribution in [0.2, 0.25) is 0 Å². The number of β-amino-alcohol motifs (C(OH)–C–C–N with tert-alkyl or cyclic N) is 2. The van der Waals surface area contributed by atoms with E-state index < -0.39 is 49.3 Å². The summed E-state index contributed by atoms with van der Waals surface area (Å²) in [6.07, 6.45) is 1.66. The number of likely N-dealkylation sites (tertiary alicyclic amines) is 2. The molecule has 228 valence electrons. The summed E-state index contributed by atoms with van der Waals surface area (Å²) in [6.45, 7) is -1.15. The van der Waals surface area contributed by atoms with E-state index in [0.717, 1.165) is 12.8 Å². The van der Waals surface area contributed by atoms with E-state index in [1.807, 2.05) is 0 Å². The number of hydrogen-bond donors (Lipinski definition) is 6. The summed E-state index contributed by atoms with van der Waals surface area (Å²) in [5, 5.41) is 58.7. The molecule has 3 aliphatic rings. The van der Waals surface area contributed by atoms with Crippen LogP contribution in [0.4, 0.5) is 0 Å². The van der Waals surface area contributed by atoms with E-state index in [1.54, 1.807) is 0 Å². The first kappa shape index (κ1) is 32.2. The lowest BCUT2D eigenvalue weighted by atomic mass is 9.87. The Kier molecular flexibility index (Phi) is 12.1. The van der Waals surface area contributed by atoms with Gasteiger partial charge in [0.25, 0.3) is 0 Å². The van der Waals surface area contributed by atoms with Crippen molar-refractivity contribution in [2.24, 2.45) is 11.8 Å². The summed E-state index contributed by atoms with van der Waals surface area (Å²) in [5.41, 5.74) is 0. The highest BCUT2D eigenvalue weighted by atomic mass is 16.4. The van der Waals surface area contributed by atoms with Gasteiger partial charge in [0.1, 0.15) is 0 Å². The highest BCUT2D eigenvalue weighted by Crippen LogP contribution is 2.28. The third-order valence-electron chi connectivity index (χ3n) is 8.24. The van der Waals surface area contributed by atoms with Crippen LogP contribution in [0.1, 0.15) is 38.5 Å². The topological polar surface area (TPSA) is 203 Å². The largest absolute Gasteiger partial charge is 0.480 e. The normalized spacial score (nSPS) is 29.6. The minimum Gasteiger partial charge on any atom is -0.480 e. The molecule has 3 fully saturated rings. The first-order chi connectivity index (χ1) is 19.0. The molecule has 6 atom stereocenters. The van der Waals surface area contributed by atoms with Crippen LogP contribution in [0.25, 0.3) is 0 Å². The molecule has 0 aromatic heterocycles. The van der Waals surface area contributed by atoms with Crippen molar-refractivity contribution < 1.29 is 49.8 Å². The van der Waals surface area contributed by atoms with Gasteiger partial charge in [-0.2, -0.15) is 0 Å². The second kappa shape index (κ2) is 15.0. The van der Waals surface area contributed by atoms with Crippen molar-refractivity contribution in [2.75, 3.05) is 65.6 Å². The summed E-state index contributed by atoms with van der Waals surface area (Å²) in [4.78, 5) is 56.1. The van der Waals surface area contributed by atoms with E-state index in [1.165, 1.54) is 19.6 Å². The van der Waals surface area contributed by atoms with Gasteiger partial charge in [-0.05, 0) is 25.7 Å². The van der Waals surface area contributed by atoms with Gasteiger partial charge >= 0.3 is 11.9 Å². The number of hydrogen-bond acceptors (Lipinski definition) is 10. The van der Waals surface area contributed by atoms with Gasteiger partial charge in [-0.25, -0.2) is 0 Å². The van der Waals surface area contributed by atoms with Crippen LogP contribution in [0.3, 0.4) is 0 Å². The molecule has 1 saturated carbocycles. The predicted octanol–water partition coefficient (Wildman–Crippen LogP) is -2.53. The number of rotatable bonds is 12. The zero-order chi connectivity index (χ0) is 29.4. The van der Waals surface area contributed by atoms with E-state index in [-0.39, 0.29) is 76.1 Å². The lowest BCUT2D eigenvalue weighted by molar-refractivity contribution is -0.148. The van der Waals surface area contributed by atoms with Crippen molar-refractivity contribution in [2.45, 2.75) is 62.8 Å². The minimum atomic E-state index is -1.15. The Hall–Kier alpha value is -2.36. The van der Waals surface area contributed by atoms with Gasteiger partial charge in [-0.1, -0.05) is 12.8 Å². The number of nitrogens with zero attached hydrogens (tertiary/aromatic N) is 4. The highest BCUT2D eigenvalue weighted by molar-refractivity contribution is 5.80. The number of aliphatic hydroxyl groups excluding tert-OH is 4. The number of aliphatic hydroxyl groups is 4. The van der Waals surface area contributed by atoms with Crippen LogP contribution in [0, 0.1) is 11.8 Å². The fourth-order valence-corrected chi connectivity index (χ4v) is 6.44. The molecule has 0 spiro atoms. The average Bonchev–Trinajstić information content (AvgIpc) is 2.90. The molecule has 0 aromatic rings. The molecule has 2 aliphatic heterocycles. The molecule has 0 bridgehead atoms. The molecule has 0 radical (unpaired) electrons. The van der Waals surface area contributed by atoms with Crippen LogP contribution in [-0.4, -0.2) is 164 Å². The smallest absolute Gasteiger partial charge is 0.317 e. The summed E-state index contributed by atoms with van der Waals surface area (Å²) in [6, 6.07) is -1.03. The van der Waals surface area contributed by atoms with Gasteiger partial charge in [-0.15, -0.1) is 0 Å². The zero-order valence-corrected chi connectivity index (χ0v) is 22.9. The number of aliphatic carboxylic acids is 2. The van der Waals surface area contributed by atoms with Crippen LogP contribution in [0.15, 0.2) is 0 Å². The van der Waals surface area contributed by atoms with E-state index in [0.29, 0.717) is 25.7 Å². The molecule has 2 saturated heterocycles. The fraction of sp³-hybridized carbons (Fsp3) is 0.846. The standard InChI is InChI=1S/C26H44N4O10/c31-15-17-5-19(33)9-29(7-17)23(35)11-27(13-25(37)38)21-3-1-2-4-22(21)28(14-26(39)40)12-24(36)30-8-18(16-32)6-20(34)10-30/h17-22,31-34H,1-16H2,(H,37,38)(H,39,40). The molecule has 3 rings (SSSR count). The minimum absolute atomic E-state index is 0.0838. The van der Waals surface area contributed by atoms with Crippen molar-refractivity contribution in [1.82, 2.24) is 19.6 Å². The quantitative estimate of drug-likeness (QED) is 0.143. The van der Waals surface area contributed by atoms with Gasteiger partial charge < -0.3 is 40.4 Å². The number of amides is 2. The predicted molar refractivity (Wildman–Crippen MR) is 140 cm³/mol. The van der Waals surface area contributed by atoms with Crippen molar-refractivity contribution >= 4 is 23.8 Å². The summed E-state index contributed by atoms with van der Waals surface area (Å²) in [7, 11) is 0. The highest BCUT2D eigenvalue weighted by Gasteiger charge is 2.39. The number of carboxylic acids is 2. The Bertz CT molecular complexity index is 822. The van der Waals surface area contributed by atoms with E-state index >= 15 is 0 Å². The molecular weight excluding hydrogens is 528 g/mol. The molecular formula is C26H44N4O10. The summed E-state index contributed by atoms with van der Waals surface area (Å²) >= 11 is 0.